The van der Waals surface area contributed by atoms with Crippen LogP contribution in [-0.2, 0) is 0 Å². The third-order valence-corrected chi connectivity index (χ3v) is 2.57. The van der Waals surface area contributed by atoms with Crippen LogP contribution in [0.4, 0.5) is 0 Å². The summed E-state index contributed by atoms with van der Waals surface area (Å²) in [6.45, 7) is 1.87. The van der Waals surface area contributed by atoms with Crippen LogP contribution in [-0.4, -0.2) is 5.16 Å². The molecule has 0 spiro atoms. The van der Waals surface area contributed by atoms with Crippen LogP contribution < -0.4 is 0 Å². The van der Waals surface area contributed by atoms with Gasteiger partial charge in [-0.3, -0.25) is 0 Å². The average molecular weight is 228 g/mol. The number of hydrogen-bond donors (Lipinski definition) is 0. The first-order valence-corrected chi connectivity index (χ1v) is 4.81. The van der Waals surface area contributed by atoms with Crippen LogP contribution in [0.25, 0.3) is 11.3 Å². The van der Waals surface area contributed by atoms with Gasteiger partial charge in [-0.25, -0.2) is 0 Å². The van der Waals surface area contributed by atoms with Gasteiger partial charge in [0.25, 0.3) is 0 Å². The molecule has 0 amide bonds. The van der Waals surface area contributed by atoms with Crippen molar-refractivity contribution in [2.24, 2.45) is 0 Å². The highest BCUT2D eigenvalue weighted by atomic mass is 35.5. The van der Waals surface area contributed by atoms with Gasteiger partial charge in [0, 0.05) is 11.6 Å². The maximum absolute atomic E-state index is 5.88. The molecule has 0 atom stereocenters. The van der Waals surface area contributed by atoms with Crippen molar-refractivity contribution in [3.8, 4) is 11.3 Å². The highest BCUT2D eigenvalue weighted by Gasteiger charge is 2.06. The average Bonchev–Trinajstić information content (AvgIpc) is 2.57. The molecule has 0 unspecified atom stereocenters. The third-order valence-electron chi connectivity index (χ3n) is 1.83. The standard InChI is InChI=1S/C10H7Cl2NO/c1-6-4-10(14-13-6)7-2-3-8(11)9(12)5-7/h2-5H,1H3. The van der Waals surface area contributed by atoms with Crippen molar-refractivity contribution in [3.63, 3.8) is 0 Å². The van der Waals surface area contributed by atoms with Gasteiger partial charge < -0.3 is 4.52 Å². The molecule has 0 fully saturated rings. The molecule has 0 N–H and O–H groups in total. The van der Waals surface area contributed by atoms with Crippen LogP contribution in [0.2, 0.25) is 10.0 Å². The molecule has 2 nitrogen and oxygen atoms in total. The molecule has 14 heavy (non-hydrogen) atoms. The summed E-state index contributed by atoms with van der Waals surface area (Å²) in [7, 11) is 0. The molecule has 0 saturated carbocycles. The molecule has 0 aliphatic rings. The van der Waals surface area contributed by atoms with Crippen molar-refractivity contribution >= 4 is 23.2 Å². The molecule has 4 heteroatoms. The Morgan fingerprint density at radius 1 is 1.14 bits per heavy atom. The Bertz CT molecular complexity index is 465. The number of aromatic nitrogens is 1. The van der Waals surface area contributed by atoms with E-state index >= 15 is 0 Å². The summed E-state index contributed by atoms with van der Waals surface area (Å²) >= 11 is 11.7. The van der Waals surface area contributed by atoms with E-state index in [2.05, 4.69) is 5.16 Å². The predicted molar refractivity (Wildman–Crippen MR) is 56.7 cm³/mol. The van der Waals surface area contributed by atoms with E-state index in [-0.39, 0.29) is 0 Å². The lowest BCUT2D eigenvalue weighted by Gasteiger charge is -1.97. The first-order chi connectivity index (χ1) is 6.66. The highest BCUT2D eigenvalue weighted by Crippen LogP contribution is 2.28. The van der Waals surface area contributed by atoms with Gasteiger partial charge in [-0.05, 0) is 25.1 Å². The van der Waals surface area contributed by atoms with Gasteiger partial charge >= 0.3 is 0 Å². The van der Waals surface area contributed by atoms with Gasteiger partial charge in [-0.1, -0.05) is 28.4 Å². The topological polar surface area (TPSA) is 26.0 Å². The van der Waals surface area contributed by atoms with E-state index in [0.29, 0.717) is 15.8 Å². The van der Waals surface area contributed by atoms with Gasteiger partial charge in [0.05, 0.1) is 15.7 Å². The predicted octanol–water partition coefficient (Wildman–Crippen LogP) is 3.96. The van der Waals surface area contributed by atoms with E-state index in [1.807, 2.05) is 19.1 Å². The second-order valence-corrected chi connectivity index (χ2v) is 3.78. The Morgan fingerprint density at radius 2 is 1.93 bits per heavy atom. The third kappa shape index (κ3) is 1.76. The van der Waals surface area contributed by atoms with Crippen molar-refractivity contribution in [2.75, 3.05) is 0 Å². The van der Waals surface area contributed by atoms with E-state index in [0.717, 1.165) is 11.3 Å². The Kier molecular flexibility index (Phi) is 2.48. The molecule has 1 aromatic heterocycles. The fourth-order valence-corrected chi connectivity index (χ4v) is 1.45. The normalized spacial score (nSPS) is 10.5. The van der Waals surface area contributed by atoms with Crippen molar-refractivity contribution in [3.05, 3.63) is 40.0 Å². The van der Waals surface area contributed by atoms with Crippen LogP contribution >= 0.6 is 23.2 Å². The second kappa shape index (κ2) is 3.64. The molecule has 0 bridgehead atoms. The summed E-state index contributed by atoms with van der Waals surface area (Å²) in [6.07, 6.45) is 0. The monoisotopic (exact) mass is 227 g/mol. The number of aryl methyl sites for hydroxylation is 1. The maximum atomic E-state index is 5.88. The summed E-state index contributed by atoms with van der Waals surface area (Å²) in [5, 5.41) is 4.84. The van der Waals surface area contributed by atoms with Gasteiger partial charge in [0.15, 0.2) is 5.76 Å². The minimum Gasteiger partial charge on any atom is -0.356 e. The zero-order valence-electron chi connectivity index (χ0n) is 7.42. The summed E-state index contributed by atoms with van der Waals surface area (Å²) in [5.41, 5.74) is 1.71. The number of rotatable bonds is 1. The van der Waals surface area contributed by atoms with Crippen molar-refractivity contribution in [2.45, 2.75) is 6.92 Å². The lowest BCUT2D eigenvalue weighted by Crippen LogP contribution is -1.74. The van der Waals surface area contributed by atoms with Gasteiger partial charge in [-0.2, -0.15) is 0 Å². The van der Waals surface area contributed by atoms with E-state index in [1.165, 1.54) is 0 Å². The van der Waals surface area contributed by atoms with Gasteiger partial charge in [0.1, 0.15) is 0 Å². The Balaban J connectivity index is 2.47. The smallest absolute Gasteiger partial charge is 0.167 e. The summed E-state index contributed by atoms with van der Waals surface area (Å²) < 4.78 is 5.09. The molecule has 0 aliphatic carbocycles. The van der Waals surface area contributed by atoms with Crippen molar-refractivity contribution in [1.82, 2.24) is 5.16 Å². The fraction of sp³-hybridized carbons (Fsp3) is 0.100. The number of hydrogen-bond acceptors (Lipinski definition) is 2. The Labute approximate surface area is 91.4 Å². The Hall–Kier alpha value is -0.990. The zero-order valence-corrected chi connectivity index (χ0v) is 8.93. The molecular weight excluding hydrogens is 221 g/mol. The summed E-state index contributed by atoms with van der Waals surface area (Å²) in [5.74, 6) is 0.695. The van der Waals surface area contributed by atoms with E-state index in [4.69, 9.17) is 27.7 Å². The second-order valence-electron chi connectivity index (χ2n) is 2.96. The minimum atomic E-state index is 0.512. The van der Waals surface area contributed by atoms with Crippen molar-refractivity contribution in [1.29, 1.82) is 0 Å². The SMILES string of the molecule is Cc1cc(-c2ccc(Cl)c(Cl)c2)on1. The van der Waals surface area contributed by atoms with E-state index in [1.54, 1.807) is 12.1 Å². The zero-order chi connectivity index (χ0) is 10.1. The molecule has 2 aromatic rings. The van der Waals surface area contributed by atoms with Crippen LogP contribution in [0.1, 0.15) is 5.69 Å². The molecule has 2 rings (SSSR count). The Morgan fingerprint density at radius 3 is 2.50 bits per heavy atom. The number of benzene rings is 1. The minimum absolute atomic E-state index is 0.512. The summed E-state index contributed by atoms with van der Waals surface area (Å²) in [4.78, 5) is 0. The largest absolute Gasteiger partial charge is 0.356 e. The van der Waals surface area contributed by atoms with Gasteiger partial charge in [-0.15, -0.1) is 0 Å². The molecule has 0 saturated heterocycles. The van der Waals surface area contributed by atoms with Gasteiger partial charge in [0.2, 0.25) is 0 Å². The molecular formula is C10H7Cl2NO. The van der Waals surface area contributed by atoms with Crippen LogP contribution in [0.15, 0.2) is 28.8 Å². The van der Waals surface area contributed by atoms with Crippen molar-refractivity contribution < 1.29 is 4.52 Å². The first-order valence-electron chi connectivity index (χ1n) is 4.05. The molecule has 0 aliphatic heterocycles. The lowest BCUT2D eigenvalue weighted by molar-refractivity contribution is 0.427. The number of nitrogens with zero attached hydrogens (tertiary/aromatic N) is 1. The molecule has 0 radical (unpaired) electrons. The van der Waals surface area contributed by atoms with Crippen LogP contribution in [0.5, 0.6) is 0 Å². The molecule has 72 valence electrons. The summed E-state index contributed by atoms with van der Waals surface area (Å²) in [6, 6.07) is 7.18. The van der Waals surface area contributed by atoms with Crippen LogP contribution in [0.3, 0.4) is 0 Å². The highest BCUT2D eigenvalue weighted by molar-refractivity contribution is 6.42. The molecule has 1 aromatic carbocycles. The van der Waals surface area contributed by atoms with E-state index in [9.17, 15) is 0 Å². The number of halogens is 2. The fourth-order valence-electron chi connectivity index (χ4n) is 1.15. The maximum Gasteiger partial charge on any atom is 0.167 e. The first kappa shape index (κ1) is 9.56. The lowest BCUT2D eigenvalue weighted by atomic mass is 10.2. The quantitative estimate of drug-likeness (QED) is 0.738. The van der Waals surface area contributed by atoms with E-state index < -0.39 is 0 Å². The van der Waals surface area contributed by atoms with Crippen LogP contribution in [0, 0.1) is 6.92 Å². The molecule has 1 heterocycles.